The summed E-state index contributed by atoms with van der Waals surface area (Å²) in [6.45, 7) is 0. The van der Waals surface area contributed by atoms with Crippen molar-refractivity contribution < 1.29 is 22.8 Å². The molecular weight excluding hydrogens is 403 g/mol. The number of aromatic nitrogens is 2. The minimum absolute atomic E-state index is 0.0205. The summed E-state index contributed by atoms with van der Waals surface area (Å²) in [5.74, 6) is 0.108. The highest BCUT2D eigenvalue weighted by Gasteiger charge is 2.35. The molecule has 0 aliphatic rings. The molecule has 1 aromatic heterocycles. The smallest absolute Gasteiger partial charge is 0.421 e. The van der Waals surface area contributed by atoms with Crippen molar-refractivity contribution in [1.29, 1.82) is 0 Å². The minimum atomic E-state index is -4.67. The maximum absolute atomic E-state index is 13.4. The van der Waals surface area contributed by atoms with Crippen molar-refractivity contribution >= 4 is 28.8 Å². The van der Waals surface area contributed by atoms with E-state index in [2.05, 4.69) is 15.3 Å². The molecule has 0 radical (unpaired) electrons. The average molecular weight is 419 g/mol. The second-order valence-electron chi connectivity index (χ2n) is 6.12. The Hall–Kier alpha value is -3.89. The number of alkyl halides is 3. The van der Waals surface area contributed by atoms with Crippen LogP contribution in [-0.4, -0.2) is 29.0 Å². The van der Waals surface area contributed by atoms with E-state index in [-0.39, 0.29) is 11.6 Å². The number of rotatable bonds is 6. The summed E-state index contributed by atoms with van der Waals surface area (Å²) in [5, 5.41) is 13.4. The van der Waals surface area contributed by atoms with Crippen LogP contribution in [0.1, 0.15) is 5.56 Å². The number of hydrogen-bond acceptors (Lipinski definition) is 7. The van der Waals surface area contributed by atoms with Crippen LogP contribution in [0.2, 0.25) is 0 Å². The van der Waals surface area contributed by atoms with Crippen molar-refractivity contribution in [3.8, 4) is 5.75 Å². The Labute approximate surface area is 169 Å². The van der Waals surface area contributed by atoms with Crippen LogP contribution in [0.4, 0.5) is 42.0 Å². The first-order valence-corrected chi connectivity index (χ1v) is 8.52. The predicted molar refractivity (Wildman–Crippen MR) is 104 cm³/mol. The predicted octanol–water partition coefficient (Wildman–Crippen LogP) is 4.92. The van der Waals surface area contributed by atoms with E-state index < -0.39 is 22.5 Å². The topological polar surface area (TPSA) is 93.4 Å². The standard InChI is InChI=1S/C19H16F3N5O3/c1-26(13-5-7-14(8-6-13)27(28)29)18-23-11-16(19(20,21)22)17(25-18)24-12-3-9-15(30-2)10-4-12/h3-11H,1-2H3,(H,23,24,25). The number of nitro benzene ring substituents is 1. The lowest BCUT2D eigenvalue weighted by Crippen LogP contribution is -2.17. The zero-order valence-corrected chi connectivity index (χ0v) is 15.8. The molecule has 156 valence electrons. The Bertz CT molecular complexity index is 1040. The molecule has 0 fully saturated rings. The van der Waals surface area contributed by atoms with Gasteiger partial charge >= 0.3 is 6.18 Å². The van der Waals surface area contributed by atoms with Gasteiger partial charge in [0.25, 0.3) is 5.69 Å². The lowest BCUT2D eigenvalue weighted by atomic mass is 10.2. The Morgan fingerprint density at radius 3 is 2.27 bits per heavy atom. The third kappa shape index (κ3) is 4.57. The Morgan fingerprint density at radius 1 is 1.10 bits per heavy atom. The quantitative estimate of drug-likeness (QED) is 0.448. The van der Waals surface area contributed by atoms with Gasteiger partial charge in [-0.15, -0.1) is 0 Å². The Morgan fingerprint density at radius 2 is 1.73 bits per heavy atom. The monoisotopic (exact) mass is 419 g/mol. The first-order chi connectivity index (χ1) is 14.2. The summed E-state index contributed by atoms with van der Waals surface area (Å²) in [7, 11) is 3.02. The van der Waals surface area contributed by atoms with Crippen LogP contribution in [0, 0.1) is 10.1 Å². The van der Waals surface area contributed by atoms with Gasteiger partial charge in [0, 0.05) is 36.8 Å². The van der Waals surface area contributed by atoms with E-state index in [1.165, 1.54) is 36.3 Å². The van der Waals surface area contributed by atoms with Gasteiger partial charge in [0.1, 0.15) is 17.1 Å². The summed E-state index contributed by atoms with van der Waals surface area (Å²) >= 11 is 0. The van der Waals surface area contributed by atoms with Crippen LogP contribution in [0.25, 0.3) is 0 Å². The van der Waals surface area contributed by atoms with E-state index in [1.807, 2.05) is 0 Å². The molecule has 11 heteroatoms. The summed E-state index contributed by atoms with van der Waals surface area (Å²) in [4.78, 5) is 19.5. The van der Waals surface area contributed by atoms with E-state index in [0.717, 1.165) is 0 Å². The molecule has 0 saturated carbocycles. The van der Waals surface area contributed by atoms with E-state index >= 15 is 0 Å². The minimum Gasteiger partial charge on any atom is -0.497 e. The van der Waals surface area contributed by atoms with Crippen LogP contribution >= 0.6 is 0 Å². The van der Waals surface area contributed by atoms with Crippen LogP contribution in [0.3, 0.4) is 0 Å². The number of methoxy groups -OCH3 is 1. The van der Waals surface area contributed by atoms with Gasteiger partial charge in [-0.2, -0.15) is 18.2 Å². The molecule has 8 nitrogen and oxygen atoms in total. The number of halogens is 3. The second-order valence-corrected chi connectivity index (χ2v) is 6.12. The molecule has 0 amide bonds. The van der Waals surface area contributed by atoms with Crippen molar-refractivity contribution in [3.05, 3.63) is 70.4 Å². The molecule has 0 aliphatic heterocycles. The van der Waals surface area contributed by atoms with Gasteiger partial charge in [0.2, 0.25) is 5.95 Å². The molecule has 0 aliphatic carbocycles. The largest absolute Gasteiger partial charge is 0.497 e. The number of nitro groups is 1. The molecule has 3 rings (SSSR count). The molecule has 1 N–H and O–H groups in total. The lowest BCUT2D eigenvalue weighted by molar-refractivity contribution is -0.384. The highest BCUT2D eigenvalue weighted by Crippen LogP contribution is 2.36. The fraction of sp³-hybridized carbons (Fsp3) is 0.158. The van der Waals surface area contributed by atoms with Gasteiger partial charge in [-0.05, 0) is 36.4 Å². The SMILES string of the molecule is COc1ccc(Nc2nc(N(C)c3ccc([N+](=O)[O-])cc3)ncc2C(F)(F)F)cc1. The summed E-state index contributed by atoms with van der Waals surface area (Å²) in [5.41, 5.74) is -0.291. The zero-order chi connectivity index (χ0) is 21.9. The van der Waals surface area contributed by atoms with Gasteiger partial charge in [0.05, 0.1) is 12.0 Å². The van der Waals surface area contributed by atoms with Gasteiger partial charge in [0.15, 0.2) is 0 Å². The van der Waals surface area contributed by atoms with Gasteiger partial charge in [-0.25, -0.2) is 4.98 Å². The highest BCUT2D eigenvalue weighted by molar-refractivity contribution is 5.64. The third-order valence-electron chi connectivity index (χ3n) is 4.18. The van der Waals surface area contributed by atoms with Crippen molar-refractivity contribution in [2.45, 2.75) is 6.18 Å². The average Bonchev–Trinajstić information content (AvgIpc) is 2.73. The number of nitrogens with zero attached hydrogens (tertiary/aromatic N) is 4. The van der Waals surface area contributed by atoms with Gasteiger partial charge in [-0.1, -0.05) is 0 Å². The first-order valence-electron chi connectivity index (χ1n) is 8.52. The normalized spacial score (nSPS) is 11.1. The van der Waals surface area contributed by atoms with Crippen molar-refractivity contribution in [3.63, 3.8) is 0 Å². The van der Waals surface area contributed by atoms with Crippen molar-refractivity contribution in [2.75, 3.05) is 24.4 Å². The van der Waals surface area contributed by atoms with Gasteiger partial charge in [-0.3, -0.25) is 10.1 Å². The molecule has 1 heterocycles. The van der Waals surface area contributed by atoms with Crippen molar-refractivity contribution in [1.82, 2.24) is 9.97 Å². The fourth-order valence-electron chi connectivity index (χ4n) is 2.56. The molecule has 30 heavy (non-hydrogen) atoms. The Kier molecular flexibility index (Phi) is 5.72. The molecular formula is C19H16F3N5O3. The number of non-ortho nitro benzene ring substituents is 1. The number of nitrogens with one attached hydrogen (secondary N) is 1. The third-order valence-corrected chi connectivity index (χ3v) is 4.18. The molecule has 2 aromatic carbocycles. The molecule has 0 atom stereocenters. The summed E-state index contributed by atoms with van der Waals surface area (Å²) in [6, 6.07) is 11.8. The number of ether oxygens (including phenoxy) is 1. The first kappa shape index (κ1) is 20.8. The van der Waals surface area contributed by atoms with Crippen molar-refractivity contribution in [2.24, 2.45) is 0 Å². The van der Waals surface area contributed by atoms with Crippen LogP contribution in [-0.2, 0) is 6.18 Å². The molecule has 0 spiro atoms. The van der Waals surface area contributed by atoms with E-state index in [4.69, 9.17) is 4.74 Å². The lowest BCUT2D eigenvalue weighted by Gasteiger charge is -2.20. The summed E-state index contributed by atoms with van der Waals surface area (Å²) in [6.07, 6.45) is -3.98. The van der Waals surface area contributed by atoms with E-state index in [0.29, 0.717) is 23.3 Å². The van der Waals surface area contributed by atoms with Crippen LogP contribution < -0.4 is 15.0 Å². The molecule has 3 aromatic rings. The fourth-order valence-corrected chi connectivity index (χ4v) is 2.56. The number of anilines is 4. The number of hydrogen-bond donors (Lipinski definition) is 1. The Balaban J connectivity index is 1.95. The maximum atomic E-state index is 13.4. The molecule has 0 unspecified atom stereocenters. The van der Waals surface area contributed by atoms with E-state index in [1.54, 1.807) is 31.3 Å². The summed E-state index contributed by atoms with van der Waals surface area (Å²) < 4.78 is 45.3. The van der Waals surface area contributed by atoms with Crippen LogP contribution in [0.5, 0.6) is 5.75 Å². The zero-order valence-electron chi connectivity index (χ0n) is 15.8. The van der Waals surface area contributed by atoms with Gasteiger partial charge < -0.3 is 15.0 Å². The molecule has 0 bridgehead atoms. The molecule has 0 saturated heterocycles. The highest BCUT2D eigenvalue weighted by atomic mass is 19.4. The van der Waals surface area contributed by atoms with Crippen LogP contribution in [0.15, 0.2) is 54.7 Å². The second kappa shape index (κ2) is 8.23. The van der Waals surface area contributed by atoms with E-state index in [9.17, 15) is 23.3 Å². The maximum Gasteiger partial charge on any atom is 0.421 e. The number of benzene rings is 2.